The van der Waals surface area contributed by atoms with Gasteiger partial charge in [0.2, 0.25) is 0 Å². The Morgan fingerprint density at radius 2 is 1.81 bits per heavy atom. The van der Waals surface area contributed by atoms with Crippen LogP contribution in [0.1, 0.15) is 32.0 Å². The molecule has 0 aliphatic rings. The summed E-state index contributed by atoms with van der Waals surface area (Å²) >= 11 is -1.22. The number of rotatable bonds is 10. The molecule has 148 valence electrons. The smallest absolute Gasteiger partial charge is 0.136 e. The van der Waals surface area contributed by atoms with Gasteiger partial charge in [-0.25, -0.2) is 0 Å². The van der Waals surface area contributed by atoms with Crippen LogP contribution in [0.25, 0.3) is 0 Å². The zero-order valence-electron chi connectivity index (χ0n) is 16.6. The fourth-order valence-electron chi connectivity index (χ4n) is 2.52. The molecule has 5 nitrogen and oxygen atoms in total. The van der Waals surface area contributed by atoms with Crippen LogP contribution < -0.4 is 4.72 Å². The van der Waals surface area contributed by atoms with Crippen LogP contribution in [0.15, 0.2) is 54.7 Å². The first kappa shape index (κ1) is 21.9. The van der Waals surface area contributed by atoms with Crippen LogP contribution >= 0.6 is 0 Å². The van der Waals surface area contributed by atoms with E-state index in [-0.39, 0.29) is 16.9 Å². The third kappa shape index (κ3) is 7.60. The minimum Gasteiger partial charge on any atom is -0.598 e. The topological polar surface area (TPSA) is 66.4 Å². The molecule has 27 heavy (non-hydrogen) atoms. The van der Waals surface area contributed by atoms with Gasteiger partial charge >= 0.3 is 0 Å². The summed E-state index contributed by atoms with van der Waals surface area (Å²) in [5, 5.41) is 0. The lowest BCUT2D eigenvalue weighted by molar-refractivity contribution is -0.0134. The predicted molar refractivity (Wildman–Crippen MR) is 110 cm³/mol. The number of ether oxygens (including phenoxy) is 2. The zero-order chi connectivity index (χ0) is 19.7. The molecule has 0 fully saturated rings. The molecule has 1 heterocycles. The summed E-state index contributed by atoms with van der Waals surface area (Å²) in [5.74, 6) is 0. The van der Waals surface area contributed by atoms with Gasteiger partial charge in [-0.15, -0.1) is 4.72 Å². The van der Waals surface area contributed by atoms with Crippen LogP contribution in [-0.4, -0.2) is 40.1 Å². The lowest BCUT2D eigenvalue weighted by Gasteiger charge is -2.31. The number of benzene rings is 1. The number of aromatic nitrogens is 1. The number of nitrogens with zero attached hydrogens (tertiary/aromatic N) is 1. The van der Waals surface area contributed by atoms with Gasteiger partial charge in [0.15, 0.2) is 0 Å². The van der Waals surface area contributed by atoms with Gasteiger partial charge in [-0.1, -0.05) is 36.4 Å². The maximum atomic E-state index is 12.7. The van der Waals surface area contributed by atoms with Crippen molar-refractivity contribution in [1.82, 2.24) is 9.71 Å². The van der Waals surface area contributed by atoms with Gasteiger partial charge in [0.1, 0.15) is 10.9 Å². The van der Waals surface area contributed by atoms with E-state index < -0.39 is 11.4 Å². The molecule has 1 aromatic heterocycles. The Morgan fingerprint density at radius 1 is 1.11 bits per heavy atom. The van der Waals surface area contributed by atoms with Crippen molar-refractivity contribution in [3.8, 4) is 0 Å². The standard InChI is InChI=1S/C21H30N2O3S/c1-21(2,3)27(24)23-19(14-18-12-8-9-13-22-18)20(25-4)16-26-15-17-10-6-5-7-11-17/h5-13,19-20,23H,14-16H2,1-4H3. The van der Waals surface area contributed by atoms with E-state index in [1.165, 1.54) is 0 Å². The first-order chi connectivity index (χ1) is 12.9. The highest BCUT2D eigenvalue weighted by Crippen LogP contribution is 2.17. The fourth-order valence-corrected chi connectivity index (χ4v) is 3.39. The zero-order valence-corrected chi connectivity index (χ0v) is 17.4. The van der Waals surface area contributed by atoms with E-state index in [4.69, 9.17) is 9.47 Å². The van der Waals surface area contributed by atoms with Crippen molar-refractivity contribution in [3.05, 3.63) is 66.0 Å². The first-order valence-electron chi connectivity index (χ1n) is 9.12. The number of pyridine rings is 1. The number of nitrogens with one attached hydrogen (secondary N) is 1. The molecule has 1 N–H and O–H groups in total. The third-order valence-corrected chi connectivity index (χ3v) is 5.74. The minimum absolute atomic E-state index is 0.180. The lowest BCUT2D eigenvalue weighted by atomic mass is 10.1. The molecule has 2 aromatic rings. The molecule has 0 saturated carbocycles. The van der Waals surface area contributed by atoms with Crippen molar-refractivity contribution in [2.24, 2.45) is 0 Å². The molecule has 3 unspecified atom stereocenters. The second-order valence-electron chi connectivity index (χ2n) is 7.41. The molecule has 6 heteroatoms. The molecule has 3 atom stereocenters. The SMILES string of the molecule is COC(COCc1ccccc1)C(Cc1ccccn1)N[S+]([O-])C(C)(C)C. The Labute approximate surface area is 165 Å². The summed E-state index contributed by atoms with van der Waals surface area (Å²) < 4.78 is 27.1. The van der Waals surface area contributed by atoms with Crippen molar-refractivity contribution >= 4 is 11.4 Å². The van der Waals surface area contributed by atoms with E-state index in [1.807, 2.05) is 69.3 Å². The maximum absolute atomic E-state index is 12.7. The van der Waals surface area contributed by atoms with Crippen LogP contribution in [-0.2, 0) is 33.9 Å². The highest BCUT2D eigenvalue weighted by atomic mass is 32.2. The number of methoxy groups -OCH3 is 1. The highest BCUT2D eigenvalue weighted by Gasteiger charge is 2.33. The van der Waals surface area contributed by atoms with E-state index >= 15 is 0 Å². The summed E-state index contributed by atoms with van der Waals surface area (Å²) in [6.45, 7) is 6.75. The van der Waals surface area contributed by atoms with Crippen LogP contribution in [0.4, 0.5) is 0 Å². The Balaban J connectivity index is 2.03. The van der Waals surface area contributed by atoms with Gasteiger partial charge in [0.25, 0.3) is 0 Å². The lowest BCUT2D eigenvalue weighted by Crippen LogP contribution is -2.52. The Hall–Kier alpha value is -1.44. The molecule has 0 radical (unpaired) electrons. The van der Waals surface area contributed by atoms with Gasteiger partial charge in [-0.3, -0.25) is 4.98 Å². The van der Waals surface area contributed by atoms with Crippen LogP contribution in [0.2, 0.25) is 0 Å². The maximum Gasteiger partial charge on any atom is 0.136 e. The van der Waals surface area contributed by atoms with Gasteiger partial charge < -0.3 is 14.0 Å². The highest BCUT2D eigenvalue weighted by molar-refractivity contribution is 7.90. The Bertz CT molecular complexity index is 649. The quantitative estimate of drug-likeness (QED) is 0.631. The number of hydrogen-bond acceptors (Lipinski definition) is 5. The van der Waals surface area contributed by atoms with E-state index in [2.05, 4.69) is 9.71 Å². The van der Waals surface area contributed by atoms with Gasteiger partial charge in [-0.2, -0.15) is 0 Å². The summed E-state index contributed by atoms with van der Waals surface area (Å²) in [6.07, 6.45) is 2.12. The fraction of sp³-hybridized carbons (Fsp3) is 0.476. The molecule has 0 saturated heterocycles. The molecule has 0 aliphatic heterocycles. The monoisotopic (exact) mass is 390 g/mol. The summed E-state index contributed by atoms with van der Waals surface area (Å²) in [6, 6.07) is 15.6. The van der Waals surface area contributed by atoms with Crippen molar-refractivity contribution in [2.75, 3.05) is 13.7 Å². The van der Waals surface area contributed by atoms with Gasteiger partial charge in [0, 0.05) is 36.8 Å². The molecule has 1 aromatic carbocycles. The van der Waals surface area contributed by atoms with Crippen molar-refractivity contribution in [2.45, 2.75) is 50.7 Å². The van der Waals surface area contributed by atoms with E-state index in [9.17, 15) is 4.55 Å². The largest absolute Gasteiger partial charge is 0.598 e. The average molecular weight is 391 g/mol. The molecular formula is C21H30N2O3S. The van der Waals surface area contributed by atoms with Crippen LogP contribution in [0, 0.1) is 0 Å². The third-order valence-electron chi connectivity index (χ3n) is 4.12. The Kier molecular flexibility index (Phi) is 8.73. The molecule has 0 aliphatic carbocycles. The van der Waals surface area contributed by atoms with Crippen molar-refractivity contribution in [3.63, 3.8) is 0 Å². The molecule has 0 amide bonds. The van der Waals surface area contributed by atoms with Gasteiger partial charge in [0.05, 0.1) is 19.3 Å². The summed E-state index contributed by atoms with van der Waals surface area (Å²) in [7, 11) is 1.66. The second-order valence-corrected chi connectivity index (χ2v) is 9.40. The second kappa shape index (κ2) is 10.8. The van der Waals surface area contributed by atoms with Crippen LogP contribution in [0.5, 0.6) is 0 Å². The first-order valence-corrected chi connectivity index (χ1v) is 10.3. The molecule has 2 rings (SSSR count). The normalized spacial score (nSPS) is 15.3. The minimum atomic E-state index is -1.22. The van der Waals surface area contributed by atoms with Crippen LogP contribution in [0.3, 0.4) is 0 Å². The average Bonchev–Trinajstić information content (AvgIpc) is 2.65. The Morgan fingerprint density at radius 3 is 2.41 bits per heavy atom. The summed E-state index contributed by atoms with van der Waals surface area (Å²) in [4.78, 5) is 4.40. The van der Waals surface area contributed by atoms with Crippen molar-refractivity contribution in [1.29, 1.82) is 0 Å². The van der Waals surface area contributed by atoms with E-state index in [0.717, 1.165) is 11.3 Å². The molecule has 0 bridgehead atoms. The van der Waals surface area contributed by atoms with E-state index in [1.54, 1.807) is 13.3 Å². The van der Waals surface area contributed by atoms with E-state index in [0.29, 0.717) is 19.6 Å². The summed E-state index contributed by atoms with van der Waals surface area (Å²) in [5.41, 5.74) is 2.03. The van der Waals surface area contributed by atoms with Gasteiger partial charge in [-0.05, 0) is 38.5 Å². The predicted octanol–water partition coefficient (Wildman–Crippen LogP) is 3.28. The number of hydrogen-bond donors (Lipinski definition) is 1. The van der Waals surface area contributed by atoms with Crippen molar-refractivity contribution < 1.29 is 14.0 Å². The molecule has 0 spiro atoms. The molecular weight excluding hydrogens is 360 g/mol.